The third-order valence-corrected chi connectivity index (χ3v) is 28.2. The zero-order chi connectivity index (χ0) is 125. The van der Waals surface area contributed by atoms with Crippen molar-refractivity contribution >= 4 is 115 Å². The van der Waals surface area contributed by atoms with Crippen LogP contribution in [0, 0.1) is 51.0 Å². The number of aryl methyl sites for hydroxylation is 4. The van der Waals surface area contributed by atoms with E-state index in [4.69, 9.17) is 59.7 Å². The van der Waals surface area contributed by atoms with E-state index in [1.54, 1.807) is 83.1 Å². The van der Waals surface area contributed by atoms with Gasteiger partial charge in [0, 0.05) is 121 Å². The highest BCUT2D eigenvalue weighted by atomic mass is 32.2. The van der Waals surface area contributed by atoms with E-state index < -0.39 is 250 Å². The first-order chi connectivity index (χ1) is 78.7. The maximum absolute atomic E-state index is 14.3. The van der Waals surface area contributed by atoms with Gasteiger partial charge in [-0.15, -0.1) is 20.4 Å². The highest BCUT2D eigenvalue weighted by molar-refractivity contribution is 7.99. The molecule has 8 saturated carbocycles. The predicted octanol–water partition coefficient (Wildman–Crippen LogP) is 8.73. The average molecular weight is 2100 g/mol. The number of aromatic nitrogens is 20. The average Bonchev–Trinajstić information content (AvgIpc) is 1.58. The molecule has 0 radical (unpaired) electrons. The van der Waals surface area contributed by atoms with Crippen molar-refractivity contribution in [3.8, 4) is 0 Å². The summed E-state index contributed by atoms with van der Waals surface area (Å²) >= 11 is 2.04. The summed E-state index contributed by atoms with van der Waals surface area (Å²) in [5, 5.41) is 168. The highest BCUT2D eigenvalue weighted by Gasteiger charge is 2.51. The molecule has 8 aliphatic rings. The third-order valence-electron chi connectivity index (χ3n) is 25.4. The zero-order valence-electron chi connectivity index (χ0n) is 104. The number of ether oxygens (including phenoxy) is 4. The largest absolute Gasteiger partial charge is 0.394 e. The Morgan fingerprint density at radius 3 is 0.868 bits per heavy atom. The summed E-state index contributed by atoms with van der Waals surface area (Å²) in [6, 6.07) is 12.3. The second kappa shape index (κ2) is 47.3. The number of rotatable bonds is 40. The van der Waals surface area contributed by atoms with Gasteiger partial charge in [0.25, 0.3) is 0 Å². The summed E-state index contributed by atoms with van der Waals surface area (Å²) in [6.45, 7) is -2.37. The second-order valence-corrected chi connectivity index (χ2v) is 38.1. The SMILES string of the molecule is [2H]C([2H])(C)C([2H])([2H])Sc1nc(N[C@@H]2C[C@@]2([2H])c2ccc(C)c(F)c2)c2nnn([C@@H]3C[C@H](OCCO)[C@@H](O)[C@H]3O)c2n1.[2H]C([2H])(CC)Sc1nc(N[C@@H]2C[C@@]2([2H])c2ccc(C)c(F)c2)c2nnn([C@@H]3C[C@H](OC([2H])([2H])C([2H])([2H])O)[C@@H](O)[C@H]3O)c2n1.[2H]C([2H])(CO)O[C@H]1C[C@@H](n2nnc3c(N[C@@H]4C[C@@]4([2H])c4ccc(C)c(F)c4)nc(SC([2H])([2H])C([2H])([2H])C)nc32)[C@H](O)[C@@H]1O.[2H]C([2H])(O)CO[C@H]1C[C@@H](n2nnc3c(N[C@@H]4C[C@@]4([2H])c4ccc(C)c(F)c4)nc(SC([2H])([2H])C([2H])([2H])C)nc32)[C@H](O)[C@@H]1O. The van der Waals surface area contributed by atoms with Crippen molar-refractivity contribution in [1.29, 1.82) is 0 Å². The van der Waals surface area contributed by atoms with Crippen LogP contribution in [-0.4, -0.2) is 334 Å². The number of aliphatic hydroxyl groups is 12. The van der Waals surface area contributed by atoms with Crippen molar-refractivity contribution in [2.75, 3.05) is 96.8 Å². The first-order valence-electron chi connectivity index (χ1n) is 58.8. The lowest BCUT2D eigenvalue weighted by Gasteiger charge is -2.17. The van der Waals surface area contributed by atoms with Gasteiger partial charge in [-0.05, 0) is 148 Å². The van der Waals surface area contributed by atoms with E-state index in [-0.39, 0.29) is 140 Å². The van der Waals surface area contributed by atoms with Gasteiger partial charge in [0.05, 0.1) is 112 Å². The van der Waals surface area contributed by atoms with Crippen molar-refractivity contribution < 1.29 is 133 Å². The fourth-order valence-corrected chi connectivity index (χ4v) is 19.4. The summed E-state index contributed by atoms with van der Waals surface area (Å²) in [5.74, 6) is -6.09. The van der Waals surface area contributed by atoms with Gasteiger partial charge in [0.2, 0.25) is 0 Å². The molecule has 0 bridgehead atoms. The Labute approximate surface area is 880 Å². The van der Waals surface area contributed by atoms with E-state index in [0.717, 1.165) is 32.5 Å². The molecule has 0 aliphatic heterocycles. The molecule has 24 atom stereocenters. The molecule has 40 nitrogen and oxygen atoms in total. The fraction of sp³-hybridized carbons (Fsp3) is 0.583. The van der Waals surface area contributed by atoms with Crippen LogP contribution in [0.3, 0.4) is 0 Å². The van der Waals surface area contributed by atoms with Crippen LogP contribution in [0.25, 0.3) is 44.7 Å². The van der Waals surface area contributed by atoms with E-state index in [0.29, 0.717) is 99.1 Å². The number of hydrogen-bond donors (Lipinski definition) is 16. The molecule has 8 heterocycles. The maximum Gasteiger partial charge on any atom is 0.191 e. The molecule has 144 heavy (non-hydrogen) atoms. The Balaban J connectivity index is 0.000000151. The zero-order valence-corrected chi connectivity index (χ0v) is 81.5. The standard InChI is InChI=1S/4C24H31FN6O4S/c4*1-3-8-36-24-27-22(26-16-10-14(16)13-5-4-12(2)15(25)9-13)19-23(28-24)31(30-29-19)17-11-18(35-7-6-32)21(34)20(17)33/h4*4-5,9,14,16-18,20-21,32-34H,3,6-8,10-11H2,1-2H3,(H,26,27,28)/t4*14-,16+,17+,18-,20-,21+/m0000/s1/i6D2,7D2,8D2,14D;3D2,7D2,8D2,14D;3D2,6D2,8D2,14D;3D2,8D2,14D. The molecule has 8 aliphatic carbocycles. The summed E-state index contributed by atoms with van der Waals surface area (Å²) in [4.78, 5) is 35.1. The van der Waals surface area contributed by atoms with Crippen molar-refractivity contribution in [2.45, 2.75) is 298 Å². The number of thioether (sulfide) groups is 4. The first-order valence-corrected chi connectivity index (χ1v) is 49.1. The maximum atomic E-state index is 14.3. The van der Waals surface area contributed by atoms with Gasteiger partial charge in [0.1, 0.15) is 72.1 Å². The topological polar surface area (TPSA) is 554 Å². The Morgan fingerprint density at radius 1 is 0.347 bits per heavy atom. The van der Waals surface area contributed by atoms with Gasteiger partial charge in [0.15, 0.2) is 88.6 Å². The van der Waals surface area contributed by atoms with Gasteiger partial charge in [-0.1, -0.05) is 144 Å². The minimum atomic E-state index is -3.39. The molecule has 776 valence electrons. The van der Waals surface area contributed by atoms with E-state index in [2.05, 4.69) is 102 Å². The lowest BCUT2D eigenvalue weighted by atomic mass is 10.1. The fourth-order valence-electron chi connectivity index (χ4n) is 17.4. The van der Waals surface area contributed by atoms with Crippen LogP contribution in [0.15, 0.2) is 93.4 Å². The lowest BCUT2D eigenvalue weighted by molar-refractivity contribution is -0.0629. The number of aliphatic hydroxyl groups excluding tert-OH is 10. The van der Waals surface area contributed by atoms with Gasteiger partial charge in [-0.25, -0.2) is 76.2 Å². The van der Waals surface area contributed by atoms with Crippen LogP contribution in [0.4, 0.5) is 40.8 Å². The van der Waals surface area contributed by atoms with E-state index in [1.165, 1.54) is 43.0 Å². The lowest BCUT2D eigenvalue weighted by Crippen LogP contribution is -2.33. The number of halogens is 4. The number of anilines is 4. The van der Waals surface area contributed by atoms with E-state index in [1.807, 2.05) is 0 Å². The molecule has 20 rings (SSSR count). The van der Waals surface area contributed by atoms with Crippen molar-refractivity contribution in [1.82, 2.24) is 99.8 Å². The van der Waals surface area contributed by atoms with Crippen LogP contribution < -0.4 is 21.3 Å². The van der Waals surface area contributed by atoms with Crippen molar-refractivity contribution in [3.05, 3.63) is 141 Å². The Bertz CT molecular complexity index is 7800. The van der Waals surface area contributed by atoms with Gasteiger partial charge >= 0.3 is 0 Å². The van der Waals surface area contributed by atoms with Crippen LogP contribution in [0.2, 0.25) is 0 Å². The molecule has 16 N–H and O–H groups in total. The molecule has 0 unspecified atom stereocenters. The Morgan fingerprint density at radius 2 is 0.618 bits per heavy atom. The quantitative estimate of drug-likeness (QED) is 0.00969. The highest BCUT2D eigenvalue weighted by Crippen LogP contribution is 2.50. The molecular formula is C96H124F4N24O16S4. The number of hydrogen-bond acceptors (Lipinski definition) is 40. The minimum absolute atomic E-state index is 0.00587. The summed E-state index contributed by atoms with van der Waals surface area (Å²) in [7, 11) is 0. The number of nitrogens with one attached hydrogen (secondary N) is 4. The molecule has 8 aromatic heterocycles. The number of fused-ring (bicyclic) bond motifs is 4. The van der Waals surface area contributed by atoms with Crippen molar-refractivity contribution in [2.24, 2.45) is 0 Å². The molecule has 0 saturated heterocycles. The molecule has 0 spiro atoms. The summed E-state index contributed by atoms with van der Waals surface area (Å²) < 4.78 is 291. The van der Waals surface area contributed by atoms with Crippen LogP contribution >= 0.6 is 47.0 Å². The first kappa shape index (κ1) is 76.9. The monoisotopic (exact) mass is 2100 g/mol. The molecular weight excluding hydrogens is 1950 g/mol. The molecule has 0 amide bonds. The van der Waals surface area contributed by atoms with Crippen LogP contribution in [0.1, 0.15) is 232 Å². The second-order valence-electron chi connectivity index (χ2n) is 34.9. The molecule has 8 fully saturated rings. The predicted molar refractivity (Wildman–Crippen MR) is 530 cm³/mol. The van der Waals surface area contributed by atoms with E-state index >= 15 is 0 Å². The summed E-state index contributed by atoms with van der Waals surface area (Å²) in [6.07, 6.45) is -22.2. The van der Waals surface area contributed by atoms with Crippen LogP contribution in [-0.2, 0) is 18.9 Å². The Hall–Kier alpha value is -9.52. The molecule has 48 heteroatoms. The van der Waals surface area contributed by atoms with Gasteiger partial charge < -0.3 is 101 Å². The van der Waals surface area contributed by atoms with Gasteiger partial charge in [-0.2, -0.15) is 0 Å². The minimum Gasteiger partial charge on any atom is -0.394 e. The third kappa shape index (κ3) is 23.8. The number of nitrogens with zero attached hydrogens (tertiary/aromatic N) is 20. The number of benzene rings is 4. The van der Waals surface area contributed by atoms with E-state index in [9.17, 15) is 73.7 Å². The normalized spacial score (nSPS) is 33.4. The molecule has 12 aromatic rings. The smallest absolute Gasteiger partial charge is 0.191 e. The van der Waals surface area contributed by atoms with Crippen LogP contribution in [0.5, 0.6) is 0 Å². The summed E-state index contributed by atoms with van der Waals surface area (Å²) in [5.41, 5.74) is -4.91. The Kier molecular flexibility index (Phi) is 25.3. The van der Waals surface area contributed by atoms with Crippen molar-refractivity contribution in [3.63, 3.8) is 0 Å². The molecule has 4 aromatic carbocycles. The van der Waals surface area contributed by atoms with Gasteiger partial charge in [-0.3, -0.25) is 0 Å².